The number of azo groups is 1. The summed E-state index contributed by atoms with van der Waals surface area (Å²) < 4.78 is 69.5. The first kappa shape index (κ1) is 21.8. The van der Waals surface area contributed by atoms with E-state index in [1.54, 1.807) is 19.1 Å². The molecule has 158 valence electrons. The van der Waals surface area contributed by atoms with Gasteiger partial charge in [0.25, 0.3) is 20.2 Å². The first-order chi connectivity index (χ1) is 13.9. The number of benzene rings is 3. The van der Waals surface area contributed by atoms with E-state index in [2.05, 4.69) is 10.2 Å². The molecule has 0 radical (unpaired) electrons. The van der Waals surface area contributed by atoms with Gasteiger partial charge in [-0.25, -0.2) is 0 Å². The molecule has 11 heteroatoms. The summed E-state index contributed by atoms with van der Waals surface area (Å²) in [6.45, 7) is 3.30. The molecule has 2 N–H and O–H groups in total. The van der Waals surface area contributed by atoms with Crippen LogP contribution in [0.1, 0.15) is 11.1 Å². The third-order valence-corrected chi connectivity index (χ3v) is 6.32. The van der Waals surface area contributed by atoms with Crippen LogP contribution in [0.2, 0.25) is 0 Å². The normalized spacial score (nSPS) is 12.6. The highest BCUT2D eigenvalue weighted by Gasteiger charge is 2.18. The van der Waals surface area contributed by atoms with Crippen LogP contribution >= 0.6 is 0 Å². The minimum Gasteiger partial charge on any atom is -0.494 e. The van der Waals surface area contributed by atoms with E-state index < -0.39 is 20.2 Å². The molecule has 0 amide bonds. The maximum absolute atomic E-state index is 11.5. The molecule has 0 saturated heterocycles. The van der Waals surface area contributed by atoms with Gasteiger partial charge in [0.05, 0.1) is 17.7 Å². The fraction of sp³-hybridized carbons (Fsp3) is 0.158. The fourth-order valence-corrected chi connectivity index (χ4v) is 4.21. The zero-order chi connectivity index (χ0) is 22.3. The Morgan fingerprint density at radius 1 is 0.833 bits per heavy atom. The Morgan fingerprint density at radius 2 is 1.53 bits per heavy atom. The predicted octanol–water partition coefficient (Wildman–Crippen LogP) is 4.37. The Balaban J connectivity index is 2.14. The summed E-state index contributed by atoms with van der Waals surface area (Å²) in [6.07, 6.45) is 0. The van der Waals surface area contributed by atoms with Gasteiger partial charge in [-0.1, -0.05) is 18.2 Å². The molecule has 9 nitrogen and oxygen atoms in total. The second-order valence-corrected chi connectivity index (χ2v) is 9.37. The zero-order valence-corrected chi connectivity index (χ0v) is 17.8. The van der Waals surface area contributed by atoms with Crippen molar-refractivity contribution in [3.63, 3.8) is 0 Å². The molecule has 0 fully saturated rings. The molecule has 3 aromatic carbocycles. The van der Waals surface area contributed by atoms with Gasteiger partial charge in [0.15, 0.2) is 0 Å². The molecule has 0 spiro atoms. The summed E-state index contributed by atoms with van der Waals surface area (Å²) >= 11 is 0. The van der Waals surface area contributed by atoms with E-state index in [0.717, 1.165) is 11.6 Å². The monoisotopic (exact) mass is 450 g/mol. The van der Waals surface area contributed by atoms with Crippen molar-refractivity contribution in [2.45, 2.75) is 23.6 Å². The number of methoxy groups -OCH3 is 1. The summed E-state index contributed by atoms with van der Waals surface area (Å²) in [5.41, 5.74) is 1.73. The lowest BCUT2D eigenvalue weighted by Crippen LogP contribution is -2.01. The lowest BCUT2D eigenvalue weighted by molar-refractivity contribution is 0.413. The van der Waals surface area contributed by atoms with Crippen LogP contribution < -0.4 is 4.74 Å². The summed E-state index contributed by atoms with van der Waals surface area (Å²) in [5.74, 6) is 0.100. The lowest BCUT2D eigenvalue weighted by atomic mass is 10.1. The molecule has 0 saturated carbocycles. The lowest BCUT2D eigenvalue weighted by Gasteiger charge is -2.09. The van der Waals surface area contributed by atoms with E-state index in [0.29, 0.717) is 16.5 Å². The van der Waals surface area contributed by atoms with Gasteiger partial charge in [0.2, 0.25) is 0 Å². The first-order valence-electron chi connectivity index (χ1n) is 8.50. The topological polar surface area (TPSA) is 143 Å². The molecule has 3 rings (SSSR count). The van der Waals surface area contributed by atoms with E-state index in [4.69, 9.17) is 4.74 Å². The highest BCUT2D eigenvalue weighted by Crippen LogP contribution is 2.36. The maximum atomic E-state index is 11.5. The smallest absolute Gasteiger partial charge is 0.294 e. The molecule has 0 aromatic heterocycles. The van der Waals surface area contributed by atoms with Crippen LogP contribution in [0.5, 0.6) is 5.75 Å². The molecule has 0 bridgehead atoms. The average Bonchev–Trinajstić information content (AvgIpc) is 2.65. The molecule has 0 heterocycles. The van der Waals surface area contributed by atoms with E-state index in [-0.39, 0.29) is 26.8 Å². The highest BCUT2D eigenvalue weighted by atomic mass is 32.2. The average molecular weight is 450 g/mol. The second kappa shape index (κ2) is 7.76. The highest BCUT2D eigenvalue weighted by molar-refractivity contribution is 7.86. The van der Waals surface area contributed by atoms with E-state index in [1.165, 1.54) is 38.3 Å². The van der Waals surface area contributed by atoms with Crippen LogP contribution in [-0.4, -0.2) is 33.1 Å². The van der Waals surface area contributed by atoms with Crippen molar-refractivity contribution in [1.29, 1.82) is 0 Å². The Labute approximate surface area is 173 Å². The standard InChI is InChI=1S/C19H18N2O7S2/c1-11-4-5-13-9-14(29(22,23)24)6-7-15(13)19(11)21-20-16-8-12(2)18(30(25,26)27)10-17(16)28-3/h4-10H,1-3H3,(H,22,23,24)(H,25,26,27). The molecule has 0 unspecified atom stereocenters. The zero-order valence-electron chi connectivity index (χ0n) is 16.2. The van der Waals surface area contributed by atoms with Crippen molar-refractivity contribution in [2.75, 3.05) is 7.11 Å². The number of hydrogen-bond acceptors (Lipinski definition) is 7. The summed E-state index contributed by atoms with van der Waals surface area (Å²) in [6, 6.07) is 10.1. The van der Waals surface area contributed by atoms with Crippen LogP contribution in [0.4, 0.5) is 11.4 Å². The molecule has 0 aliphatic heterocycles. The van der Waals surface area contributed by atoms with Crippen LogP contribution in [0.3, 0.4) is 0 Å². The predicted molar refractivity (Wildman–Crippen MR) is 110 cm³/mol. The Hall–Kier alpha value is -2.86. The van der Waals surface area contributed by atoms with Gasteiger partial charge in [-0.3, -0.25) is 9.11 Å². The largest absolute Gasteiger partial charge is 0.494 e. The van der Waals surface area contributed by atoms with Gasteiger partial charge in [-0.2, -0.15) is 16.8 Å². The van der Waals surface area contributed by atoms with Gasteiger partial charge in [0.1, 0.15) is 16.3 Å². The van der Waals surface area contributed by atoms with Crippen molar-refractivity contribution in [3.05, 3.63) is 53.6 Å². The quantitative estimate of drug-likeness (QED) is 0.434. The summed E-state index contributed by atoms with van der Waals surface area (Å²) in [5, 5.41) is 9.57. The minimum atomic E-state index is -4.42. The van der Waals surface area contributed by atoms with Crippen LogP contribution in [0, 0.1) is 13.8 Å². The van der Waals surface area contributed by atoms with E-state index in [9.17, 15) is 25.9 Å². The molecular weight excluding hydrogens is 432 g/mol. The van der Waals surface area contributed by atoms with Crippen LogP contribution in [-0.2, 0) is 20.2 Å². The molecule has 30 heavy (non-hydrogen) atoms. The number of rotatable bonds is 5. The minimum absolute atomic E-state index is 0.100. The number of fused-ring (bicyclic) bond motifs is 1. The fourth-order valence-electron chi connectivity index (χ4n) is 2.97. The van der Waals surface area contributed by atoms with E-state index >= 15 is 0 Å². The van der Waals surface area contributed by atoms with Crippen LogP contribution in [0.15, 0.2) is 62.5 Å². The number of hydrogen-bond donors (Lipinski definition) is 2. The van der Waals surface area contributed by atoms with Gasteiger partial charge in [-0.15, -0.1) is 10.2 Å². The summed E-state index contributed by atoms with van der Waals surface area (Å²) in [4.78, 5) is -0.530. The van der Waals surface area contributed by atoms with Gasteiger partial charge < -0.3 is 4.74 Å². The third-order valence-electron chi connectivity index (χ3n) is 4.47. The Bertz CT molecular complexity index is 1400. The van der Waals surface area contributed by atoms with Crippen molar-refractivity contribution < 1.29 is 30.7 Å². The second-order valence-electron chi connectivity index (χ2n) is 6.55. The molecule has 0 aliphatic rings. The van der Waals surface area contributed by atoms with Gasteiger partial charge >= 0.3 is 0 Å². The van der Waals surface area contributed by atoms with Gasteiger partial charge in [-0.05, 0) is 48.6 Å². The van der Waals surface area contributed by atoms with Crippen molar-refractivity contribution >= 4 is 42.4 Å². The Morgan fingerprint density at radius 3 is 2.13 bits per heavy atom. The molecular formula is C19H18N2O7S2. The molecule has 3 aromatic rings. The number of ether oxygens (including phenoxy) is 1. The summed E-state index contributed by atoms with van der Waals surface area (Å²) in [7, 11) is -7.44. The third kappa shape index (κ3) is 4.33. The number of nitrogens with zero attached hydrogens (tertiary/aromatic N) is 2. The van der Waals surface area contributed by atoms with E-state index in [1.807, 2.05) is 0 Å². The maximum Gasteiger partial charge on any atom is 0.294 e. The van der Waals surface area contributed by atoms with Crippen molar-refractivity contribution in [3.8, 4) is 5.75 Å². The molecule has 0 atom stereocenters. The SMILES string of the molecule is COc1cc(S(=O)(=O)O)c(C)cc1N=Nc1c(C)ccc2cc(S(=O)(=O)O)ccc12. The molecule has 0 aliphatic carbocycles. The Kier molecular flexibility index (Phi) is 5.65. The van der Waals surface area contributed by atoms with Crippen molar-refractivity contribution in [2.24, 2.45) is 10.2 Å². The van der Waals surface area contributed by atoms with Crippen molar-refractivity contribution in [1.82, 2.24) is 0 Å². The first-order valence-corrected chi connectivity index (χ1v) is 11.4. The van der Waals surface area contributed by atoms with Gasteiger partial charge in [0, 0.05) is 11.5 Å². The van der Waals surface area contributed by atoms with Crippen LogP contribution in [0.25, 0.3) is 10.8 Å². The number of aryl methyl sites for hydroxylation is 2.